The van der Waals surface area contributed by atoms with Crippen LogP contribution in [0.2, 0.25) is 0 Å². The van der Waals surface area contributed by atoms with Gasteiger partial charge in [-0.15, -0.1) is 17.0 Å². The van der Waals surface area contributed by atoms with Gasteiger partial charge in [-0.1, -0.05) is 20.8 Å². The molecular formula is C27H35BrN4O6. The minimum atomic E-state index is -1.03. The molecule has 11 heteroatoms. The molecule has 0 aromatic heterocycles. The first-order chi connectivity index (χ1) is 17.4. The van der Waals surface area contributed by atoms with Crippen LogP contribution in [-0.4, -0.2) is 65.4 Å². The lowest BCUT2D eigenvalue weighted by molar-refractivity contribution is -0.136. The maximum absolute atomic E-state index is 13.4. The third-order valence-electron chi connectivity index (χ3n) is 6.15. The van der Waals surface area contributed by atoms with Crippen LogP contribution < -0.4 is 15.4 Å². The van der Waals surface area contributed by atoms with Crippen LogP contribution in [0.3, 0.4) is 0 Å². The first-order valence-electron chi connectivity index (χ1n) is 12.0. The summed E-state index contributed by atoms with van der Waals surface area (Å²) >= 11 is 0. The molecule has 2 aromatic rings. The van der Waals surface area contributed by atoms with Gasteiger partial charge in [-0.3, -0.25) is 19.8 Å². The third kappa shape index (κ3) is 6.70. The number of hydrogen-bond donors (Lipinski definition) is 5. The highest BCUT2D eigenvalue weighted by molar-refractivity contribution is 8.93. The topological polar surface area (TPSA) is 152 Å². The number of benzene rings is 2. The molecule has 0 unspecified atom stereocenters. The van der Waals surface area contributed by atoms with Crippen LogP contribution in [0.4, 0.5) is 0 Å². The lowest BCUT2D eigenvalue weighted by atomic mass is 9.83. The van der Waals surface area contributed by atoms with Gasteiger partial charge in [0.1, 0.15) is 17.3 Å². The normalized spacial score (nSPS) is 12.6. The highest BCUT2D eigenvalue weighted by Crippen LogP contribution is 2.35. The quantitative estimate of drug-likeness (QED) is 0.264. The number of ether oxygens (including phenoxy) is 1. The number of nitrogens with one attached hydrogen (secondary N) is 3. The SMILES string of the molecule is Br.CCOc1cc2c(cc1C(=O)NC)C(=N)N(CC(=O)c1cc(CNCC(=O)O)c(O)c(C(C)(C)C)c1)C2. The predicted octanol–water partition coefficient (Wildman–Crippen LogP) is 3.22. The van der Waals surface area contributed by atoms with Crippen molar-refractivity contribution in [1.82, 2.24) is 15.5 Å². The third-order valence-corrected chi connectivity index (χ3v) is 6.15. The summed E-state index contributed by atoms with van der Waals surface area (Å²) < 4.78 is 5.64. The number of phenols is 1. The number of Topliss-reactive ketones (excluding diaryl/α,β-unsaturated/α-hetero) is 1. The van der Waals surface area contributed by atoms with Crippen molar-refractivity contribution in [3.8, 4) is 11.5 Å². The highest BCUT2D eigenvalue weighted by atomic mass is 79.9. The maximum atomic E-state index is 13.4. The fraction of sp³-hybridized carbons (Fsp3) is 0.407. The van der Waals surface area contributed by atoms with E-state index in [0.29, 0.717) is 46.7 Å². The van der Waals surface area contributed by atoms with E-state index in [1.807, 2.05) is 27.7 Å². The van der Waals surface area contributed by atoms with Crippen molar-refractivity contribution in [3.63, 3.8) is 0 Å². The van der Waals surface area contributed by atoms with E-state index >= 15 is 0 Å². The van der Waals surface area contributed by atoms with Gasteiger partial charge in [0.2, 0.25) is 0 Å². The second kappa shape index (κ2) is 12.4. The van der Waals surface area contributed by atoms with Crippen LogP contribution in [0.25, 0.3) is 0 Å². The van der Waals surface area contributed by atoms with Gasteiger partial charge in [0.05, 0.1) is 25.3 Å². The molecule has 1 aliphatic rings. The highest BCUT2D eigenvalue weighted by Gasteiger charge is 2.30. The number of fused-ring (bicyclic) bond motifs is 1. The maximum Gasteiger partial charge on any atom is 0.317 e. The summed E-state index contributed by atoms with van der Waals surface area (Å²) in [5.41, 5.74) is 2.57. The van der Waals surface area contributed by atoms with E-state index in [1.165, 1.54) is 7.05 Å². The zero-order chi connectivity index (χ0) is 27.5. The summed E-state index contributed by atoms with van der Waals surface area (Å²) in [6, 6.07) is 6.58. The number of amidine groups is 1. The second-order valence-corrected chi connectivity index (χ2v) is 9.92. The molecule has 0 spiro atoms. The van der Waals surface area contributed by atoms with Crippen LogP contribution in [0.1, 0.15) is 70.7 Å². The predicted molar refractivity (Wildman–Crippen MR) is 149 cm³/mol. The number of nitrogens with zero attached hydrogens (tertiary/aromatic N) is 1. The Bertz CT molecular complexity index is 1260. The molecule has 38 heavy (non-hydrogen) atoms. The Morgan fingerprint density at radius 3 is 2.42 bits per heavy atom. The van der Waals surface area contributed by atoms with E-state index in [2.05, 4.69) is 10.6 Å². The van der Waals surface area contributed by atoms with E-state index < -0.39 is 11.4 Å². The van der Waals surface area contributed by atoms with Gasteiger partial charge in [-0.2, -0.15) is 0 Å². The number of halogens is 1. The van der Waals surface area contributed by atoms with Crippen molar-refractivity contribution >= 4 is 40.5 Å². The van der Waals surface area contributed by atoms with Gasteiger partial charge < -0.3 is 30.5 Å². The average Bonchev–Trinajstić information content (AvgIpc) is 3.12. The molecule has 10 nitrogen and oxygen atoms in total. The van der Waals surface area contributed by atoms with Crippen molar-refractivity contribution in [2.75, 3.05) is 26.7 Å². The molecule has 3 rings (SSSR count). The molecule has 0 atom stereocenters. The monoisotopic (exact) mass is 590 g/mol. The summed E-state index contributed by atoms with van der Waals surface area (Å²) in [7, 11) is 1.52. The summed E-state index contributed by atoms with van der Waals surface area (Å²) in [6.07, 6.45) is 0. The fourth-order valence-corrected chi connectivity index (χ4v) is 4.28. The van der Waals surface area contributed by atoms with E-state index in [4.69, 9.17) is 15.3 Å². The Hall–Kier alpha value is -3.44. The lowest BCUT2D eigenvalue weighted by Gasteiger charge is -2.24. The van der Waals surface area contributed by atoms with Crippen molar-refractivity contribution in [2.24, 2.45) is 0 Å². The molecule has 0 saturated carbocycles. The molecule has 2 aromatic carbocycles. The number of ketones is 1. The molecule has 206 valence electrons. The van der Waals surface area contributed by atoms with E-state index in [-0.39, 0.29) is 59.9 Å². The number of rotatable bonds is 10. The van der Waals surface area contributed by atoms with Gasteiger partial charge in [-0.05, 0) is 42.2 Å². The molecule has 0 radical (unpaired) electrons. The van der Waals surface area contributed by atoms with Crippen molar-refractivity contribution in [1.29, 1.82) is 5.41 Å². The number of carbonyl (C=O) groups is 3. The van der Waals surface area contributed by atoms with Gasteiger partial charge >= 0.3 is 5.97 Å². The number of hydrogen-bond acceptors (Lipinski definition) is 7. The number of phenolic OH excluding ortho intramolecular Hbond substituents is 1. The number of carbonyl (C=O) groups excluding carboxylic acids is 2. The minimum absolute atomic E-state index is 0. The van der Waals surface area contributed by atoms with Gasteiger partial charge in [0.25, 0.3) is 5.91 Å². The number of aliphatic carboxylic acids is 1. The van der Waals surface area contributed by atoms with Crippen LogP contribution >= 0.6 is 17.0 Å². The Labute approximate surface area is 232 Å². The van der Waals surface area contributed by atoms with E-state index in [9.17, 15) is 19.5 Å². The molecule has 1 amide bonds. The standard InChI is InChI=1S/C27H34N4O6.BrH/c1-6-37-22-9-17-13-31(25(28)18(17)10-19(22)26(36)29-5)14-21(32)15-7-16(11-30-12-23(33)34)24(35)20(8-15)27(2,3)4;/h7-10,28,30,35H,6,11-14H2,1-5H3,(H,29,36)(H,33,34);1H. The van der Waals surface area contributed by atoms with E-state index in [0.717, 1.165) is 5.56 Å². The van der Waals surface area contributed by atoms with E-state index in [1.54, 1.807) is 29.2 Å². The van der Waals surface area contributed by atoms with Crippen LogP contribution in [-0.2, 0) is 23.3 Å². The molecule has 0 fully saturated rings. The number of aromatic hydroxyl groups is 1. The first-order valence-corrected chi connectivity index (χ1v) is 12.0. The van der Waals surface area contributed by atoms with Crippen LogP contribution in [0, 0.1) is 5.41 Å². The van der Waals surface area contributed by atoms with Crippen molar-refractivity contribution in [2.45, 2.75) is 46.2 Å². The molecular weight excluding hydrogens is 556 g/mol. The Kier molecular flexibility index (Phi) is 10.0. The zero-order valence-electron chi connectivity index (χ0n) is 22.2. The molecule has 5 N–H and O–H groups in total. The summed E-state index contributed by atoms with van der Waals surface area (Å²) in [6.45, 7) is 7.97. The molecule has 0 aliphatic carbocycles. The average molecular weight is 592 g/mol. The smallest absolute Gasteiger partial charge is 0.317 e. The Morgan fingerprint density at radius 2 is 1.84 bits per heavy atom. The van der Waals surface area contributed by atoms with Gasteiger partial charge in [-0.25, -0.2) is 0 Å². The summed E-state index contributed by atoms with van der Waals surface area (Å²) in [4.78, 5) is 38.3. The van der Waals surface area contributed by atoms with Crippen molar-refractivity contribution in [3.05, 3.63) is 57.6 Å². The fourth-order valence-electron chi connectivity index (χ4n) is 4.28. The molecule has 1 aliphatic heterocycles. The van der Waals surface area contributed by atoms with Gasteiger partial charge in [0.15, 0.2) is 5.78 Å². The number of carboxylic acid groups (broad SMARTS) is 1. The first kappa shape index (κ1) is 30.8. The van der Waals surface area contributed by atoms with Gasteiger partial charge in [0, 0.05) is 42.4 Å². The van der Waals surface area contributed by atoms with Crippen LogP contribution in [0.5, 0.6) is 11.5 Å². The Balaban J connectivity index is 0.00000507. The molecule has 1 heterocycles. The largest absolute Gasteiger partial charge is 0.507 e. The molecule has 0 saturated heterocycles. The van der Waals surface area contributed by atoms with Crippen molar-refractivity contribution < 1.29 is 29.3 Å². The lowest BCUT2D eigenvalue weighted by Crippen LogP contribution is -2.30. The molecule has 0 bridgehead atoms. The summed E-state index contributed by atoms with van der Waals surface area (Å²) in [5.74, 6) is -1.02. The van der Waals surface area contributed by atoms with Crippen LogP contribution in [0.15, 0.2) is 24.3 Å². The second-order valence-electron chi connectivity index (χ2n) is 9.92. The minimum Gasteiger partial charge on any atom is -0.507 e. The zero-order valence-corrected chi connectivity index (χ0v) is 23.9. The number of amides is 1. The number of carboxylic acids is 1. The summed E-state index contributed by atoms with van der Waals surface area (Å²) in [5, 5.41) is 33.7. The Morgan fingerprint density at radius 1 is 1.16 bits per heavy atom.